The molecule has 0 bridgehead atoms. The topological polar surface area (TPSA) is 0 Å². The maximum atomic E-state index is 2.44. The predicted octanol–water partition coefficient (Wildman–Crippen LogP) is 15.3. The Morgan fingerprint density at radius 2 is 0.648 bits per heavy atom. The first-order chi connectivity index (χ1) is 26.8. The Hall–Kier alpha value is -7.02. The van der Waals surface area contributed by atoms with Gasteiger partial charge >= 0.3 is 0 Å². The smallest absolute Gasteiger partial charge is 0.00199 e. The van der Waals surface area contributed by atoms with E-state index in [1.54, 1.807) is 0 Å². The molecule has 1 aliphatic carbocycles. The van der Waals surface area contributed by atoms with Crippen LogP contribution in [0.2, 0.25) is 0 Å². The molecule has 0 saturated carbocycles. The second-order valence-corrected chi connectivity index (χ2v) is 14.8. The standard InChI is InChI=1S/C54H32/c1-4-17-44-40(13-1)41-14-5-7-19-47(41)54-48-20-8-6-18-45(48)51(32-52(44)54)38-26-25-35-29-34(23-24-36(35)31-38)33-11-9-12-37(30-33)39-27-28-50-43-16-3-2-15-42(43)49-22-10-21-46(39)53(49)50/h1-32H. The second-order valence-electron chi connectivity index (χ2n) is 14.8. The van der Waals surface area contributed by atoms with Gasteiger partial charge in [0.2, 0.25) is 0 Å². The summed E-state index contributed by atoms with van der Waals surface area (Å²) in [5.74, 6) is 0. The predicted molar refractivity (Wildman–Crippen MR) is 232 cm³/mol. The molecule has 0 fully saturated rings. The first-order valence-corrected chi connectivity index (χ1v) is 18.8. The highest BCUT2D eigenvalue weighted by molar-refractivity contribution is 6.33. The largest absolute Gasteiger partial charge is 0.0616 e. The Morgan fingerprint density at radius 3 is 1.41 bits per heavy atom. The van der Waals surface area contributed by atoms with E-state index in [2.05, 4.69) is 194 Å². The molecule has 11 aromatic carbocycles. The zero-order valence-electron chi connectivity index (χ0n) is 29.5. The van der Waals surface area contributed by atoms with E-state index in [9.17, 15) is 0 Å². The SMILES string of the molecule is c1cc(-c2ccc3cc(-c4cc5c6ccccc6c6ccccc6c5c5ccccc45)ccc3c2)cc(-c2ccc3c4c(cccc24)-c2ccccc2-3)c1. The minimum absolute atomic E-state index is 1.23. The van der Waals surface area contributed by atoms with Gasteiger partial charge in [-0.3, -0.25) is 0 Å². The molecule has 0 N–H and O–H groups in total. The van der Waals surface area contributed by atoms with Crippen LogP contribution in [-0.4, -0.2) is 0 Å². The van der Waals surface area contributed by atoms with Crippen molar-refractivity contribution in [3.63, 3.8) is 0 Å². The van der Waals surface area contributed by atoms with E-state index in [0.717, 1.165) is 0 Å². The monoisotopic (exact) mass is 680 g/mol. The molecule has 0 atom stereocenters. The van der Waals surface area contributed by atoms with Gasteiger partial charge in [-0.15, -0.1) is 0 Å². The number of fused-ring (bicyclic) bond motifs is 12. The Bertz CT molecular complexity index is 3350. The highest BCUT2D eigenvalue weighted by Crippen LogP contribution is 2.49. The fraction of sp³-hybridized carbons (Fsp3) is 0. The van der Waals surface area contributed by atoms with Crippen molar-refractivity contribution in [1.29, 1.82) is 0 Å². The third kappa shape index (κ3) is 4.20. The van der Waals surface area contributed by atoms with Crippen LogP contribution in [0.15, 0.2) is 194 Å². The normalized spacial score (nSPS) is 12.1. The summed E-state index contributed by atoms with van der Waals surface area (Å²) in [5.41, 5.74) is 12.8. The summed E-state index contributed by atoms with van der Waals surface area (Å²) in [4.78, 5) is 0. The van der Waals surface area contributed by atoms with Crippen molar-refractivity contribution in [3.8, 4) is 55.6 Å². The van der Waals surface area contributed by atoms with Crippen LogP contribution in [0, 0.1) is 0 Å². The van der Waals surface area contributed by atoms with Gasteiger partial charge in [-0.05, 0) is 145 Å². The lowest BCUT2D eigenvalue weighted by Crippen LogP contribution is -1.89. The lowest BCUT2D eigenvalue weighted by molar-refractivity contribution is 1.62. The number of hydrogen-bond acceptors (Lipinski definition) is 0. The molecule has 0 nitrogen and oxygen atoms in total. The molecule has 54 heavy (non-hydrogen) atoms. The molecule has 0 saturated heterocycles. The van der Waals surface area contributed by atoms with Crippen LogP contribution in [0.4, 0.5) is 0 Å². The van der Waals surface area contributed by atoms with Gasteiger partial charge in [0, 0.05) is 0 Å². The third-order valence-electron chi connectivity index (χ3n) is 12.0. The van der Waals surface area contributed by atoms with Crippen LogP contribution in [0.5, 0.6) is 0 Å². The van der Waals surface area contributed by atoms with Crippen LogP contribution in [-0.2, 0) is 0 Å². The molecule has 0 unspecified atom stereocenters. The van der Waals surface area contributed by atoms with Gasteiger partial charge in [-0.1, -0.05) is 170 Å². The summed E-state index contributed by atoms with van der Waals surface area (Å²) < 4.78 is 0. The molecule has 0 heterocycles. The minimum Gasteiger partial charge on any atom is -0.0616 e. The van der Waals surface area contributed by atoms with Gasteiger partial charge in [-0.25, -0.2) is 0 Å². The van der Waals surface area contributed by atoms with Crippen LogP contribution in [0.25, 0.3) is 120 Å². The van der Waals surface area contributed by atoms with Gasteiger partial charge < -0.3 is 0 Å². The minimum atomic E-state index is 1.23. The number of rotatable bonds is 3. The lowest BCUT2D eigenvalue weighted by atomic mass is 9.87. The molecule has 0 heteroatoms. The molecule has 1 aliphatic rings. The average Bonchev–Trinajstić information content (AvgIpc) is 3.58. The van der Waals surface area contributed by atoms with Crippen LogP contribution in [0.1, 0.15) is 0 Å². The Balaban J connectivity index is 0.975. The average molecular weight is 681 g/mol. The van der Waals surface area contributed by atoms with E-state index < -0.39 is 0 Å². The van der Waals surface area contributed by atoms with E-state index in [-0.39, 0.29) is 0 Å². The van der Waals surface area contributed by atoms with Crippen LogP contribution < -0.4 is 0 Å². The Kier molecular flexibility index (Phi) is 6.15. The highest BCUT2D eigenvalue weighted by Gasteiger charge is 2.22. The van der Waals surface area contributed by atoms with Crippen molar-refractivity contribution in [2.75, 3.05) is 0 Å². The van der Waals surface area contributed by atoms with Gasteiger partial charge in [0.15, 0.2) is 0 Å². The first kappa shape index (κ1) is 29.5. The zero-order valence-corrected chi connectivity index (χ0v) is 29.5. The number of hydrogen-bond donors (Lipinski definition) is 0. The van der Waals surface area contributed by atoms with Crippen molar-refractivity contribution >= 4 is 64.6 Å². The van der Waals surface area contributed by atoms with Gasteiger partial charge in [-0.2, -0.15) is 0 Å². The number of benzene rings is 11. The van der Waals surface area contributed by atoms with Gasteiger partial charge in [0.05, 0.1) is 0 Å². The van der Waals surface area contributed by atoms with Crippen molar-refractivity contribution in [2.45, 2.75) is 0 Å². The zero-order chi connectivity index (χ0) is 35.3. The summed E-state index contributed by atoms with van der Waals surface area (Å²) in [6.07, 6.45) is 0. The van der Waals surface area contributed by atoms with Crippen LogP contribution in [0.3, 0.4) is 0 Å². The summed E-state index contributed by atoms with van der Waals surface area (Å²) >= 11 is 0. The molecular weight excluding hydrogens is 649 g/mol. The van der Waals surface area contributed by atoms with Crippen molar-refractivity contribution < 1.29 is 0 Å². The maximum absolute atomic E-state index is 2.44. The van der Waals surface area contributed by atoms with Crippen molar-refractivity contribution in [3.05, 3.63) is 194 Å². The third-order valence-corrected chi connectivity index (χ3v) is 12.0. The van der Waals surface area contributed by atoms with E-state index >= 15 is 0 Å². The van der Waals surface area contributed by atoms with Gasteiger partial charge in [0.25, 0.3) is 0 Å². The maximum Gasteiger partial charge on any atom is -0.00199 e. The molecule has 248 valence electrons. The van der Waals surface area contributed by atoms with Crippen molar-refractivity contribution in [1.82, 2.24) is 0 Å². The van der Waals surface area contributed by atoms with E-state index in [4.69, 9.17) is 0 Å². The van der Waals surface area contributed by atoms with E-state index in [1.807, 2.05) is 0 Å². The molecule has 0 aliphatic heterocycles. The first-order valence-electron chi connectivity index (χ1n) is 18.8. The Morgan fingerprint density at radius 1 is 0.185 bits per heavy atom. The molecule has 0 aromatic heterocycles. The molecule has 0 radical (unpaired) electrons. The highest BCUT2D eigenvalue weighted by atomic mass is 14.3. The van der Waals surface area contributed by atoms with E-state index in [1.165, 1.54) is 120 Å². The fourth-order valence-corrected chi connectivity index (χ4v) is 9.52. The Labute approximate surface area is 313 Å². The van der Waals surface area contributed by atoms with Gasteiger partial charge in [0.1, 0.15) is 0 Å². The second kappa shape index (κ2) is 11.2. The molecule has 0 spiro atoms. The quantitative estimate of drug-likeness (QED) is 0.163. The van der Waals surface area contributed by atoms with E-state index in [0.29, 0.717) is 0 Å². The molecule has 0 amide bonds. The summed E-state index contributed by atoms with van der Waals surface area (Å²) in [6, 6.07) is 72.3. The molecule has 11 aromatic rings. The lowest BCUT2D eigenvalue weighted by Gasteiger charge is -2.16. The summed E-state index contributed by atoms with van der Waals surface area (Å²) in [6.45, 7) is 0. The van der Waals surface area contributed by atoms with Crippen molar-refractivity contribution in [2.24, 2.45) is 0 Å². The molecule has 12 rings (SSSR count). The molecular formula is C54H32. The summed E-state index contributed by atoms with van der Waals surface area (Å²) in [5, 5.41) is 15.6. The fourth-order valence-electron chi connectivity index (χ4n) is 9.52. The summed E-state index contributed by atoms with van der Waals surface area (Å²) in [7, 11) is 0. The van der Waals surface area contributed by atoms with Crippen LogP contribution >= 0.6 is 0 Å².